The summed E-state index contributed by atoms with van der Waals surface area (Å²) < 4.78 is 0. The lowest BCUT2D eigenvalue weighted by Gasteiger charge is -2.50. The van der Waals surface area contributed by atoms with Crippen LogP contribution in [0.4, 0.5) is 0 Å². The summed E-state index contributed by atoms with van der Waals surface area (Å²) in [5, 5.41) is 0. The van der Waals surface area contributed by atoms with Crippen LogP contribution in [0.15, 0.2) is 24.5 Å². The summed E-state index contributed by atoms with van der Waals surface area (Å²) in [6, 6.07) is 4.03. The van der Waals surface area contributed by atoms with Crippen LogP contribution in [0, 0.1) is 10.8 Å². The lowest BCUT2D eigenvalue weighted by atomic mass is 9.57. The lowest BCUT2D eigenvalue weighted by Crippen LogP contribution is -2.45. The van der Waals surface area contributed by atoms with Crippen LogP contribution in [0.1, 0.15) is 70.2 Å². The van der Waals surface area contributed by atoms with Gasteiger partial charge in [0.05, 0.1) is 5.56 Å². The van der Waals surface area contributed by atoms with Gasteiger partial charge in [0, 0.05) is 25.5 Å². The minimum absolute atomic E-state index is 0.0952. The van der Waals surface area contributed by atoms with E-state index >= 15 is 0 Å². The van der Waals surface area contributed by atoms with Gasteiger partial charge in [-0.05, 0) is 55.1 Å². The fraction of sp³-hybridized carbons (Fsp3) is 0.684. The molecule has 122 valence electrons. The van der Waals surface area contributed by atoms with Crippen LogP contribution in [0.5, 0.6) is 0 Å². The van der Waals surface area contributed by atoms with Crippen LogP contribution in [0.25, 0.3) is 0 Å². The van der Waals surface area contributed by atoms with E-state index in [4.69, 9.17) is 0 Å². The highest BCUT2D eigenvalue weighted by molar-refractivity contribution is 5.93. The van der Waals surface area contributed by atoms with Gasteiger partial charge in [-0.3, -0.25) is 9.78 Å². The smallest absolute Gasteiger partial charge is 0.255 e. The van der Waals surface area contributed by atoms with E-state index in [1.54, 1.807) is 12.4 Å². The van der Waals surface area contributed by atoms with E-state index < -0.39 is 0 Å². The summed E-state index contributed by atoms with van der Waals surface area (Å²) >= 11 is 0. The largest absolute Gasteiger partial charge is 0.339 e. The number of rotatable bonds is 3. The zero-order valence-electron chi connectivity index (χ0n) is 14.7. The van der Waals surface area contributed by atoms with Crippen molar-refractivity contribution < 1.29 is 4.79 Å². The average Bonchev–Trinajstić information content (AvgIpc) is 2.53. The minimum Gasteiger partial charge on any atom is -0.339 e. The molecule has 1 aliphatic carbocycles. The van der Waals surface area contributed by atoms with E-state index in [9.17, 15) is 4.79 Å². The Kier molecular flexibility index (Phi) is 4.93. The predicted octanol–water partition coefficient (Wildman–Crippen LogP) is 4.54. The highest BCUT2D eigenvalue weighted by Crippen LogP contribution is 2.52. The Bertz CT molecular complexity index is 496. The van der Waals surface area contributed by atoms with Gasteiger partial charge in [-0.15, -0.1) is 0 Å². The summed E-state index contributed by atoms with van der Waals surface area (Å²) in [6.07, 6.45) is 9.22. The highest BCUT2D eigenvalue weighted by Gasteiger charge is 2.43. The van der Waals surface area contributed by atoms with Crippen molar-refractivity contribution in [2.45, 2.75) is 65.8 Å². The van der Waals surface area contributed by atoms with Crippen LogP contribution in [0.2, 0.25) is 0 Å². The Labute approximate surface area is 135 Å². The van der Waals surface area contributed by atoms with E-state index in [1.165, 1.54) is 19.3 Å². The van der Waals surface area contributed by atoms with Crippen molar-refractivity contribution in [3.05, 3.63) is 30.1 Å². The first-order valence-corrected chi connectivity index (χ1v) is 8.48. The quantitative estimate of drug-likeness (QED) is 0.821. The first kappa shape index (κ1) is 17.0. The van der Waals surface area contributed by atoms with E-state index in [1.807, 2.05) is 24.1 Å². The molecule has 1 saturated carbocycles. The van der Waals surface area contributed by atoms with Crippen LogP contribution in [0.3, 0.4) is 0 Å². The molecule has 0 saturated heterocycles. The highest BCUT2D eigenvalue weighted by atomic mass is 16.2. The fourth-order valence-corrected chi connectivity index (χ4v) is 4.04. The first-order chi connectivity index (χ1) is 10.3. The van der Waals surface area contributed by atoms with Gasteiger partial charge in [-0.25, -0.2) is 0 Å². The molecule has 1 aliphatic rings. The molecule has 0 bridgehead atoms. The molecular weight excluding hydrogens is 272 g/mol. The molecule has 1 heterocycles. The molecule has 1 fully saturated rings. The minimum atomic E-state index is 0.0952. The maximum Gasteiger partial charge on any atom is 0.255 e. The van der Waals surface area contributed by atoms with Crippen molar-refractivity contribution in [2.75, 3.05) is 7.05 Å². The Morgan fingerprint density at radius 3 is 2.45 bits per heavy atom. The van der Waals surface area contributed by atoms with E-state index in [2.05, 4.69) is 32.7 Å². The number of hydrogen-bond donors (Lipinski definition) is 0. The normalized spacial score (nSPS) is 25.8. The fourth-order valence-electron chi connectivity index (χ4n) is 4.04. The molecule has 0 N–H and O–H groups in total. The number of hydrogen-bond acceptors (Lipinski definition) is 2. The Balaban J connectivity index is 2.04. The second kappa shape index (κ2) is 6.39. The second-order valence-electron chi connectivity index (χ2n) is 7.77. The average molecular weight is 302 g/mol. The maximum absolute atomic E-state index is 12.6. The molecule has 1 amide bonds. The van der Waals surface area contributed by atoms with Gasteiger partial charge >= 0.3 is 0 Å². The molecule has 2 rings (SSSR count). The standard InChI is InChI=1S/C19H30N2O/c1-6-19(18(2,3)4)11-9-16(10-12-19)21(5)17(22)15-8-7-13-20-14-15/h7-8,13-14,16H,6,9-12H2,1-5H3. The number of amides is 1. The third-order valence-corrected chi connectivity index (χ3v) is 5.96. The van der Waals surface area contributed by atoms with Gasteiger partial charge in [0.1, 0.15) is 0 Å². The Morgan fingerprint density at radius 2 is 2.00 bits per heavy atom. The monoisotopic (exact) mass is 302 g/mol. The zero-order chi connectivity index (χ0) is 16.4. The number of nitrogens with zero attached hydrogens (tertiary/aromatic N) is 2. The van der Waals surface area contributed by atoms with Crippen molar-refractivity contribution in [1.29, 1.82) is 0 Å². The number of pyridine rings is 1. The van der Waals surface area contributed by atoms with E-state index in [0.29, 0.717) is 22.4 Å². The molecule has 0 aromatic carbocycles. The van der Waals surface area contributed by atoms with Gasteiger partial charge in [0.25, 0.3) is 5.91 Å². The SMILES string of the molecule is CCC1(C(C)(C)C)CCC(N(C)C(=O)c2cccnc2)CC1. The molecule has 3 nitrogen and oxygen atoms in total. The molecule has 0 atom stereocenters. The number of carbonyl (C=O) groups is 1. The van der Waals surface area contributed by atoms with Gasteiger partial charge in [-0.2, -0.15) is 0 Å². The van der Waals surface area contributed by atoms with E-state index in [-0.39, 0.29) is 5.91 Å². The lowest BCUT2D eigenvalue weighted by molar-refractivity contribution is 0.00761. The molecule has 0 radical (unpaired) electrons. The zero-order valence-corrected chi connectivity index (χ0v) is 14.7. The molecule has 1 aromatic rings. The summed E-state index contributed by atoms with van der Waals surface area (Å²) in [6.45, 7) is 9.40. The summed E-state index contributed by atoms with van der Waals surface area (Å²) in [5.74, 6) is 0.0952. The number of carbonyl (C=O) groups excluding carboxylic acids is 1. The van der Waals surface area contributed by atoms with Gasteiger partial charge in [0.2, 0.25) is 0 Å². The summed E-state index contributed by atoms with van der Waals surface area (Å²) in [4.78, 5) is 18.5. The third-order valence-electron chi connectivity index (χ3n) is 5.96. The van der Waals surface area contributed by atoms with Crippen molar-refractivity contribution in [3.8, 4) is 0 Å². The number of aromatic nitrogens is 1. The maximum atomic E-state index is 12.6. The molecule has 1 aromatic heterocycles. The van der Waals surface area contributed by atoms with Crippen LogP contribution in [-0.2, 0) is 0 Å². The van der Waals surface area contributed by atoms with Crippen molar-refractivity contribution in [3.63, 3.8) is 0 Å². The van der Waals surface area contributed by atoms with Gasteiger partial charge in [0.15, 0.2) is 0 Å². The first-order valence-electron chi connectivity index (χ1n) is 8.48. The van der Waals surface area contributed by atoms with Gasteiger partial charge < -0.3 is 4.90 Å². The third kappa shape index (κ3) is 3.18. The molecule has 22 heavy (non-hydrogen) atoms. The summed E-state index contributed by atoms with van der Waals surface area (Å²) in [7, 11) is 1.94. The Morgan fingerprint density at radius 1 is 1.36 bits per heavy atom. The van der Waals surface area contributed by atoms with E-state index in [0.717, 1.165) is 12.8 Å². The Hall–Kier alpha value is -1.38. The molecule has 0 unspecified atom stereocenters. The van der Waals surface area contributed by atoms with Crippen molar-refractivity contribution in [2.24, 2.45) is 10.8 Å². The summed E-state index contributed by atoms with van der Waals surface area (Å²) in [5.41, 5.74) is 1.44. The predicted molar refractivity (Wildman–Crippen MR) is 90.8 cm³/mol. The van der Waals surface area contributed by atoms with Crippen LogP contribution < -0.4 is 0 Å². The van der Waals surface area contributed by atoms with Crippen LogP contribution in [-0.4, -0.2) is 28.9 Å². The van der Waals surface area contributed by atoms with Crippen molar-refractivity contribution in [1.82, 2.24) is 9.88 Å². The molecular formula is C19H30N2O. The van der Waals surface area contributed by atoms with Crippen molar-refractivity contribution >= 4 is 5.91 Å². The topological polar surface area (TPSA) is 33.2 Å². The van der Waals surface area contributed by atoms with Gasteiger partial charge in [-0.1, -0.05) is 27.7 Å². The molecule has 0 aliphatic heterocycles. The second-order valence-corrected chi connectivity index (χ2v) is 7.77. The molecule has 3 heteroatoms. The molecule has 0 spiro atoms. The van der Waals surface area contributed by atoms with Crippen LogP contribution >= 0.6 is 0 Å².